The van der Waals surface area contributed by atoms with E-state index in [-0.39, 0.29) is 6.23 Å². The Morgan fingerprint density at radius 1 is 0.944 bits per heavy atom. The zero-order valence-corrected chi connectivity index (χ0v) is 22.8. The maximum atomic E-state index is 6.03. The molecule has 1 N–H and O–H groups in total. The molecule has 0 radical (unpaired) electrons. The number of hydrogen-bond acceptors (Lipinski definition) is 4. The van der Waals surface area contributed by atoms with Crippen LogP contribution in [0.3, 0.4) is 0 Å². The van der Waals surface area contributed by atoms with Crippen molar-refractivity contribution < 1.29 is 9.47 Å². The van der Waals surface area contributed by atoms with Crippen LogP contribution in [0.25, 0.3) is 21.8 Å². The second-order valence-corrected chi connectivity index (χ2v) is 9.80. The van der Waals surface area contributed by atoms with Crippen LogP contribution in [0.5, 0.6) is 0 Å². The first-order valence-electron chi connectivity index (χ1n) is 11.9. The maximum Gasteiger partial charge on any atom is 0.150 e. The molecule has 36 heavy (non-hydrogen) atoms. The summed E-state index contributed by atoms with van der Waals surface area (Å²) in [5.41, 5.74) is 3.72. The van der Waals surface area contributed by atoms with Gasteiger partial charge in [0.05, 0.1) is 47.1 Å². The van der Waals surface area contributed by atoms with E-state index in [1.807, 2.05) is 47.2 Å². The lowest BCUT2D eigenvalue weighted by Gasteiger charge is -2.23. The van der Waals surface area contributed by atoms with E-state index in [0.717, 1.165) is 59.2 Å². The number of aromatic amines is 1. The first-order valence-corrected chi connectivity index (χ1v) is 13.7. The van der Waals surface area contributed by atoms with Crippen LogP contribution in [-0.4, -0.2) is 33.2 Å². The van der Waals surface area contributed by atoms with E-state index in [9.17, 15) is 0 Å². The molecular weight excluding hydrogens is 542 g/mol. The van der Waals surface area contributed by atoms with E-state index < -0.39 is 0 Å². The Labute approximate surface area is 230 Å². The molecule has 4 aromatic rings. The summed E-state index contributed by atoms with van der Waals surface area (Å²) < 4.78 is 12.6. The van der Waals surface area contributed by atoms with E-state index in [2.05, 4.69) is 15.3 Å². The van der Waals surface area contributed by atoms with E-state index in [0.29, 0.717) is 21.8 Å². The minimum atomic E-state index is 0.0272. The summed E-state index contributed by atoms with van der Waals surface area (Å²) in [6, 6.07) is 11.3. The van der Waals surface area contributed by atoms with Crippen LogP contribution >= 0.6 is 46.4 Å². The lowest BCUT2D eigenvalue weighted by atomic mass is 10.2. The fraction of sp³-hybridized carbons (Fsp3) is 0.385. The number of hydrogen-bond donors (Lipinski definition) is 1. The summed E-state index contributed by atoms with van der Waals surface area (Å²) in [6.07, 6.45) is 9.53. The van der Waals surface area contributed by atoms with Crippen LogP contribution in [0.4, 0.5) is 0 Å². The number of benzene rings is 2. The quantitative estimate of drug-likeness (QED) is 0.251. The second kappa shape index (κ2) is 13.5. The molecule has 0 aliphatic carbocycles. The molecule has 10 heteroatoms. The van der Waals surface area contributed by atoms with Crippen molar-refractivity contribution in [2.45, 2.75) is 50.1 Å². The Morgan fingerprint density at radius 3 is 2.36 bits per heavy atom. The zero-order valence-electron chi connectivity index (χ0n) is 19.7. The summed E-state index contributed by atoms with van der Waals surface area (Å²) in [5.74, 6) is 0.813. The molecule has 0 amide bonds. The van der Waals surface area contributed by atoms with Gasteiger partial charge in [-0.3, -0.25) is 5.10 Å². The molecule has 192 valence electrons. The van der Waals surface area contributed by atoms with Crippen LogP contribution in [0.2, 0.25) is 10.0 Å². The number of nitrogens with zero attached hydrogens (tertiary/aromatic N) is 3. The zero-order chi connectivity index (χ0) is 25.3. The van der Waals surface area contributed by atoms with E-state index in [4.69, 9.17) is 55.9 Å². The highest BCUT2D eigenvalue weighted by molar-refractivity contribution is 6.31. The van der Waals surface area contributed by atoms with Gasteiger partial charge in [-0.25, -0.2) is 4.68 Å². The summed E-state index contributed by atoms with van der Waals surface area (Å²) in [6.45, 7) is 1.71. The number of aromatic nitrogens is 4. The normalized spacial score (nSPS) is 17.2. The van der Waals surface area contributed by atoms with Crippen molar-refractivity contribution in [1.82, 2.24) is 20.0 Å². The third-order valence-electron chi connectivity index (χ3n) is 5.85. The molecule has 2 aliphatic rings. The molecule has 1 fully saturated rings. The van der Waals surface area contributed by atoms with E-state index >= 15 is 0 Å². The van der Waals surface area contributed by atoms with Gasteiger partial charge < -0.3 is 9.47 Å². The number of halogens is 4. The van der Waals surface area contributed by atoms with Crippen LogP contribution in [-0.2, 0) is 21.2 Å². The minimum absolute atomic E-state index is 0.0272. The van der Waals surface area contributed by atoms with Crippen molar-refractivity contribution in [3.8, 4) is 0 Å². The molecule has 6 nitrogen and oxygen atoms in total. The summed E-state index contributed by atoms with van der Waals surface area (Å²) >= 11 is 23.5. The second-order valence-electron chi connectivity index (χ2n) is 8.39. The molecule has 0 bridgehead atoms. The standard InChI is InChI=1S/C13H14Cl2N2O.C8H6Cl2N2.C5H8O/c14-8-11-10-7-9(15)4-5-12(10)17(16-11)13-3-1-2-6-18-13;9-4-8-6-3-5(10)1-2-7(6)11-12-8;1-2-4-6-5-3-1/h4-5,7,13H,1-3,6,8H2;1-3H,4H2,(H,11,12);2,4H,1,3,5H2. The van der Waals surface area contributed by atoms with Gasteiger partial charge in [0, 0.05) is 27.4 Å². The number of rotatable bonds is 3. The number of allylic oxidation sites excluding steroid dienone is 1. The Bertz CT molecular complexity index is 1290. The number of H-pyrrole nitrogens is 1. The first kappa shape index (κ1) is 27.1. The van der Waals surface area contributed by atoms with Gasteiger partial charge in [-0.05, 0) is 74.6 Å². The van der Waals surface area contributed by atoms with Gasteiger partial charge >= 0.3 is 0 Å². The summed E-state index contributed by atoms with van der Waals surface area (Å²) in [7, 11) is 0. The van der Waals surface area contributed by atoms with Gasteiger partial charge in [0.2, 0.25) is 0 Å². The monoisotopic (exact) mass is 568 g/mol. The Balaban J connectivity index is 0.000000145. The molecule has 1 saturated heterocycles. The van der Waals surface area contributed by atoms with Gasteiger partial charge in [0.1, 0.15) is 0 Å². The Hall–Kier alpha value is -1.96. The number of fused-ring (bicyclic) bond motifs is 2. The lowest BCUT2D eigenvalue weighted by molar-refractivity contribution is -0.0368. The average molecular weight is 570 g/mol. The molecule has 0 spiro atoms. The average Bonchev–Trinajstić information content (AvgIpc) is 3.51. The van der Waals surface area contributed by atoms with Crippen LogP contribution in [0, 0.1) is 0 Å². The molecule has 1 atom stereocenters. The lowest BCUT2D eigenvalue weighted by Crippen LogP contribution is -2.19. The maximum absolute atomic E-state index is 6.03. The predicted octanol–water partition coefficient (Wildman–Crippen LogP) is 8.39. The number of nitrogens with one attached hydrogen (secondary N) is 1. The molecular formula is C26H28Cl4N4O2. The third kappa shape index (κ3) is 6.87. The van der Waals surface area contributed by atoms with Crippen molar-refractivity contribution in [2.24, 2.45) is 0 Å². The largest absolute Gasteiger partial charge is 0.502 e. The highest BCUT2D eigenvalue weighted by Gasteiger charge is 2.20. The third-order valence-corrected chi connectivity index (χ3v) is 6.84. The molecule has 6 rings (SSSR count). The highest BCUT2D eigenvalue weighted by atomic mass is 35.5. The minimum Gasteiger partial charge on any atom is -0.502 e. The molecule has 4 heterocycles. The molecule has 2 aromatic heterocycles. The van der Waals surface area contributed by atoms with E-state index in [1.54, 1.807) is 6.26 Å². The smallest absolute Gasteiger partial charge is 0.150 e. The summed E-state index contributed by atoms with van der Waals surface area (Å²) in [5, 5.41) is 14.9. The van der Waals surface area contributed by atoms with Gasteiger partial charge in [-0.15, -0.1) is 23.2 Å². The van der Waals surface area contributed by atoms with Crippen LogP contribution in [0.1, 0.15) is 49.7 Å². The van der Waals surface area contributed by atoms with Gasteiger partial charge in [-0.1, -0.05) is 23.2 Å². The SMILES string of the molecule is C1=COCCC1.ClCc1[nH]nc2ccc(Cl)cc12.ClCc1nn(C2CCCCO2)c2ccc(Cl)cc12. The van der Waals surface area contributed by atoms with Gasteiger partial charge in [0.25, 0.3) is 0 Å². The topological polar surface area (TPSA) is 65.0 Å². The molecule has 1 unspecified atom stereocenters. The predicted molar refractivity (Wildman–Crippen MR) is 148 cm³/mol. The van der Waals surface area contributed by atoms with Gasteiger partial charge in [0.15, 0.2) is 6.23 Å². The fourth-order valence-electron chi connectivity index (χ4n) is 4.04. The van der Waals surface area contributed by atoms with Crippen LogP contribution in [0.15, 0.2) is 48.7 Å². The van der Waals surface area contributed by atoms with Crippen molar-refractivity contribution >= 4 is 68.2 Å². The Morgan fingerprint density at radius 2 is 1.75 bits per heavy atom. The number of ether oxygens (including phenoxy) is 2. The molecule has 0 saturated carbocycles. The van der Waals surface area contributed by atoms with Crippen molar-refractivity contribution in [1.29, 1.82) is 0 Å². The molecule has 2 aromatic carbocycles. The fourth-order valence-corrected chi connectivity index (χ4v) is 4.78. The molecule has 2 aliphatic heterocycles. The van der Waals surface area contributed by atoms with Crippen LogP contribution < -0.4 is 0 Å². The van der Waals surface area contributed by atoms with Crippen molar-refractivity contribution in [3.63, 3.8) is 0 Å². The van der Waals surface area contributed by atoms with E-state index in [1.165, 1.54) is 19.3 Å². The number of alkyl halides is 2. The van der Waals surface area contributed by atoms with Crippen molar-refractivity contribution in [2.75, 3.05) is 13.2 Å². The first-order chi connectivity index (χ1) is 17.6. The van der Waals surface area contributed by atoms with Crippen molar-refractivity contribution in [3.05, 3.63) is 70.2 Å². The Kier molecular flexibility index (Phi) is 10.2. The van der Waals surface area contributed by atoms with Gasteiger partial charge in [-0.2, -0.15) is 10.2 Å². The summed E-state index contributed by atoms with van der Waals surface area (Å²) in [4.78, 5) is 0. The highest BCUT2D eigenvalue weighted by Crippen LogP contribution is 2.30.